The van der Waals surface area contributed by atoms with E-state index in [0.717, 1.165) is 12.8 Å². The first-order valence-electron chi connectivity index (χ1n) is 6.23. The van der Waals surface area contributed by atoms with E-state index in [1.165, 1.54) is 25.0 Å². The molecule has 2 nitrogen and oxygen atoms in total. The van der Waals surface area contributed by atoms with Crippen molar-refractivity contribution in [2.45, 2.75) is 32.6 Å². The quantitative estimate of drug-likeness (QED) is 0.901. The van der Waals surface area contributed by atoms with Crippen molar-refractivity contribution in [3.05, 3.63) is 34.1 Å². The normalized spacial score (nSPS) is 17.7. The highest BCUT2D eigenvalue weighted by molar-refractivity contribution is 9.10. The monoisotopic (exact) mass is 313 g/mol. The summed E-state index contributed by atoms with van der Waals surface area (Å²) in [5, 5.41) is 2.85. The van der Waals surface area contributed by atoms with E-state index in [0.29, 0.717) is 11.0 Å². The maximum Gasteiger partial charge on any atom is 0.254 e. The molecular weight excluding hydrogens is 297 g/mol. The number of amides is 1. The lowest BCUT2D eigenvalue weighted by Gasteiger charge is -2.23. The Labute approximate surface area is 115 Å². The van der Waals surface area contributed by atoms with Gasteiger partial charge in [-0.15, -0.1) is 0 Å². The first kappa shape index (κ1) is 13.5. The van der Waals surface area contributed by atoms with Crippen molar-refractivity contribution in [3.63, 3.8) is 0 Å². The van der Waals surface area contributed by atoms with Crippen LogP contribution in [0.25, 0.3) is 0 Å². The molecule has 0 radical (unpaired) electrons. The zero-order chi connectivity index (χ0) is 13.2. The van der Waals surface area contributed by atoms with E-state index in [-0.39, 0.29) is 16.9 Å². The summed E-state index contributed by atoms with van der Waals surface area (Å²) in [4.78, 5) is 11.9. The molecule has 1 fully saturated rings. The summed E-state index contributed by atoms with van der Waals surface area (Å²) in [6.07, 6.45) is 4.71. The molecule has 1 aliphatic carbocycles. The Morgan fingerprint density at radius 1 is 1.44 bits per heavy atom. The fourth-order valence-electron chi connectivity index (χ4n) is 2.47. The smallest absolute Gasteiger partial charge is 0.254 e. The maximum absolute atomic E-state index is 13.6. The van der Waals surface area contributed by atoms with Crippen LogP contribution in [0.5, 0.6) is 0 Å². The lowest BCUT2D eigenvalue weighted by Crippen LogP contribution is -2.34. The van der Waals surface area contributed by atoms with Crippen LogP contribution in [-0.4, -0.2) is 12.5 Å². The summed E-state index contributed by atoms with van der Waals surface area (Å²) < 4.78 is 14.2. The van der Waals surface area contributed by atoms with E-state index in [1.54, 1.807) is 6.07 Å². The summed E-state index contributed by atoms with van der Waals surface area (Å²) >= 11 is 3.18. The Morgan fingerprint density at radius 3 is 2.72 bits per heavy atom. The molecule has 1 N–H and O–H groups in total. The first-order valence-corrected chi connectivity index (χ1v) is 7.03. The molecule has 1 saturated carbocycles. The van der Waals surface area contributed by atoms with Gasteiger partial charge in [0.05, 0.1) is 5.56 Å². The molecule has 1 aromatic carbocycles. The molecule has 98 valence electrons. The number of hydrogen-bond donors (Lipinski definition) is 1. The average molecular weight is 314 g/mol. The third kappa shape index (κ3) is 3.10. The predicted molar refractivity (Wildman–Crippen MR) is 73.0 cm³/mol. The predicted octanol–water partition coefficient (Wildman–Crippen LogP) is 3.90. The Bertz CT molecular complexity index is 455. The third-order valence-electron chi connectivity index (χ3n) is 3.66. The molecule has 0 unspecified atom stereocenters. The van der Waals surface area contributed by atoms with E-state index < -0.39 is 5.82 Å². The number of hydrogen-bond acceptors (Lipinski definition) is 1. The summed E-state index contributed by atoms with van der Waals surface area (Å²) in [7, 11) is 0. The van der Waals surface area contributed by atoms with Crippen molar-refractivity contribution in [1.29, 1.82) is 0 Å². The van der Waals surface area contributed by atoms with Crippen molar-refractivity contribution in [3.8, 4) is 0 Å². The molecule has 0 spiro atoms. The topological polar surface area (TPSA) is 29.1 Å². The van der Waals surface area contributed by atoms with E-state index >= 15 is 0 Å². The second kappa shape index (κ2) is 5.39. The summed E-state index contributed by atoms with van der Waals surface area (Å²) in [5.41, 5.74) is 0.293. The largest absolute Gasteiger partial charge is 0.351 e. The van der Waals surface area contributed by atoms with Crippen LogP contribution in [-0.2, 0) is 0 Å². The standard InChI is InChI=1S/C14H17BrFNO/c1-14(6-2-3-7-14)9-17-13(18)11-5-4-10(15)8-12(11)16/h4-5,8H,2-3,6-7,9H2,1H3,(H,17,18). The van der Waals surface area contributed by atoms with Crippen LogP contribution in [0, 0.1) is 11.2 Å². The molecule has 18 heavy (non-hydrogen) atoms. The van der Waals surface area contributed by atoms with Gasteiger partial charge in [-0.2, -0.15) is 0 Å². The van der Waals surface area contributed by atoms with Gasteiger partial charge in [0.15, 0.2) is 0 Å². The van der Waals surface area contributed by atoms with Crippen molar-refractivity contribution in [2.75, 3.05) is 6.54 Å². The van der Waals surface area contributed by atoms with Gasteiger partial charge >= 0.3 is 0 Å². The molecule has 0 saturated heterocycles. The van der Waals surface area contributed by atoms with Crippen LogP contribution in [0.1, 0.15) is 43.0 Å². The van der Waals surface area contributed by atoms with Crippen LogP contribution in [0.15, 0.2) is 22.7 Å². The van der Waals surface area contributed by atoms with Crippen LogP contribution < -0.4 is 5.32 Å². The van der Waals surface area contributed by atoms with E-state index in [1.807, 2.05) is 0 Å². The van der Waals surface area contributed by atoms with E-state index in [2.05, 4.69) is 28.2 Å². The van der Waals surface area contributed by atoms with Crippen molar-refractivity contribution in [1.82, 2.24) is 5.32 Å². The lowest BCUT2D eigenvalue weighted by molar-refractivity contribution is 0.0930. The number of halogens is 2. The van der Waals surface area contributed by atoms with Gasteiger partial charge in [-0.25, -0.2) is 4.39 Å². The van der Waals surface area contributed by atoms with Crippen molar-refractivity contribution >= 4 is 21.8 Å². The molecule has 0 heterocycles. The molecule has 0 aliphatic heterocycles. The number of carbonyl (C=O) groups excluding carboxylic acids is 1. The van der Waals surface area contributed by atoms with Gasteiger partial charge in [0.2, 0.25) is 0 Å². The SMILES string of the molecule is CC1(CNC(=O)c2ccc(Br)cc2F)CCCC1. The summed E-state index contributed by atoms with van der Waals surface area (Å²) in [5.74, 6) is -0.813. The Hall–Kier alpha value is -0.900. The third-order valence-corrected chi connectivity index (χ3v) is 4.16. The van der Waals surface area contributed by atoms with Gasteiger partial charge in [0, 0.05) is 11.0 Å². The zero-order valence-corrected chi connectivity index (χ0v) is 12.0. The lowest BCUT2D eigenvalue weighted by atomic mass is 9.89. The Balaban J connectivity index is 1.99. The van der Waals surface area contributed by atoms with Crippen molar-refractivity contribution < 1.29 is 9.18 Å². The molecule has 4 heteroatoms. The molecule has 1 amide bonds. The van der Waals surface area contributed by atoms with Gasteiger partial charge in [-0.1, -0.05) is 35.7 Å². The number of rotatable bonds is 3. The first-order chi connectivity index (χ1) is 8.50. The minimum Gasteiger partial charge on any atom is -0.351 e. The molecule has 0 bridgehead atoms. The molecule has 1 aliphatic rings. The fourth-order valence-corrected chi connectivity index (χ4v) is 2.80. The second-order valence-corrected chi connectivity index (χ2v) is 6.24. The van der Waals surface area contributed by atoms with Gasteiger partial charge in [0.1, 0.15) is 5.82 Å². The van der Waals surface area contributed by atoms with Gasteiger partial charge in [-0.05, 0) is 36.5 Å². The zero-order valence-electron chi connectivity index (χ0n) is 10.4. The Kier molecular flexibility index (Phi) is 4.05. The van der Waals surface area contributed by atoms with Gasteiger partial charge in [0.25, 0.3) is 5.91 Å². The maximum atomic E-state index is 13.6. The van der Waals surface area contributed by atoms with Crippen molar-refractivity contribution in [2.24, 2.45) is 5.41 Å². The Morgan fingerprint density at radius 2 is 2.11 bits per heavy atom. The summed E-state index contributed by atoms with van der Waals surface area (Å²) in [6.45, 7) is 2.81. The van der Waals surface area contributed by atoms with Crippen LogP contribution in [0.4, 0.5) is 4.39 Å². The number of benzene rings is 1. The number of carbonyl (C=O) groups is 1. The average Bonchev–Trinajstić information content (AvgIpc) is 2.74. The van der Waals surface area contributed by atoms with Crippen LogP contribution >= 0.6 is 15.9 Å². The van der Waals surface area contributed by atoms with Crippen LogP contribution in [0.3, 0.4) is 0 Å². The fraction of sp³-hybridized carbons (Fsp3) is 0.500. The minimum absolute atomic E-state index is 0.111. The van der Waals surface area contributed by atoms with Gasteiger partial charge in [-0.3, -0.25) is 4.79 Å². The van der Waals surface area contributed by atoms with E-state index in [9.17, 15) is 9.18 Å². The van der Waals surface area contributed by atoms with E-state index in [4.69, 9.17) is 0 Å². The molecule has 1 aromatic rings. The van der Waals surface area contributed by atoms with Crippen LogP contribution in [0.2, 0.25) is 0 Å². The van der Waals surface area contributed by atoms with Gasteiger partial charge < -0.3 is 5.32 Å². The second-order valence-electron chi connectivity index (χ2n) is 5.32. The highest BCUT2D eigenvalue weighted by atomic mass is 79.9. The molecule has 0 aromatic heterocycles. The highest BCUT2D eigenvalue weighted by Gasteiger charge is 2.29. The number of nitrogens with one attached hydrogen (secondary N) is 1. The molecule has 0 atom stereocenters. The molecule has 2 rings (SSSR count). The minimum atomic E-state index is -0.488. The summed E-state index contributed by atoms with van der Waals surface area (Å²) in [6, 6.07) is 4.49. The highest BCUT2D eigenvalue weighted by Crippen LogP contribution is 2.36. The molecular formula is C14H17BrFNO.